The number of hydrogen-bond acceptors (Lipinski definition) is 2. The van der Waals surface area contributed by atoms with Crippen LogP contribution in [0.25, 0.3) is 10.9 Å². The summed E-state index contributed by atoms with van der Waals surface area (Å²) in [4.78, 5) is 10.8. The van der Waals surface area contributed by atoms with Crippen molar-refractivity contribution in [3.05, 3.63) is 66.4 Å². The van der Waals surface area contributed by atoms with Crippen LogP contribution in [0.15, 0.2) is 60.8 Å². The lowest BCUT2D eigenvalue weighted by Crippen LogP contribution is -2.07. The van der Waals surface area contributed by atoms with E-state index in [-0.39, 0.29) is 6.54 Å². The zero-order valence-corrected chi connectivity index (χ0v) is 11.4. The van der Waals surface area contributed by atoms with Gasteiger partial charge >= 0.3 is 5.97 Å². The number of carbonyl (C=O) groups is 1. The average molecular weight is 281 g/mol. The molecule has 0 aliphatic carbocycles. The molecule has 0 spiro atoms. The molecule has 0 radical (unpaired) electrons. The van der Waals surface area contributed by atoms with Crippen molar-refractivity contribution in [1.82, 2.24) is 4.57 Å². The summed E-state index contributed by atoms with van der Waals surface area (Å²) in [5.41, 5.74) is 2.01. The fraction of sp³-hybridized carbons (Fsp3) is 0.118. The first-order valence-corrected chi connectivity index (χ1v) is 6.70. The van der Waals surface area contributed by atoms with E-state index in [4.69, 9.17) is 9.84 Å². The molecule has 2 aromatic carbocycles. The maximum atomic E-state index is 10.8. The number of hydrogen-bond donors (Lipinski definition) is 1. The van der Waals surface area contributed by atoms with Gasteiger partial charge in [0.1, 0.15) is 18.9 Å². The molecule has 1 heterocycles. The molecule has 21 heavy (non-hydrogen) atoms. The van der Waals surface area contributed by atoms with Crippen molar-refractivity contribution >= 4 is 16.9 Å². The summed E-state index contributed by atoms with van der Waals surface area (Å²) in [6.07, 6.45) is 1.78. The van der Waals surface area contributed by atoms with Gasteiger partial charge in [-0.2, -0.15) is 0 Å². The minimum atomic E-state index is -0.850. The van der Waals surface area contributed by atoms with Crippen LogP contribution in [0.5, 0.6) is 5.75 Å². The third-order valence-corrected chi connectivity index (χ3v) is 3.30. The highest BCUT2D eigenvalue weighted by atomic mass is 16.5. The van der Waals surface area contributed by atoms with Crippen LogP contribution in [0, 0.1) is 0 Å². The Morgan fingerprint density at radius 1 is 1.10 bits per heavy atom. The van der Waals surface area contributed by atoms with E-state index in [1.54, 1.807) is 10.8 Å². The highest BCUT2D eigenvalue weighted by Crippen LogP contribution is 2.22. The maximum absolute atomic E-state index is 10.8. The van der Waals surface area contributed by atoms with E-state index in [2.05, 4.69) is 0 Å². The SMILES string of the molecule is O=C(O)Cn1ccc2cc(OCc3ccccc3)ccc21. The van der Waals surface area contributed by atoms with E-state index in [1.807, 2.05) is 54.6 Å². The molecule has 0 aliphatic rings. The molecule has 106 valence electrons. The quantitative estimate of drug-likeness (QED) is 0.780. The molecular formula is C17H15NO3. The lowest BCUT2D eigenvalue weighted by molar-refractivity contribution is -0.137. The molecule has 4 nitrogen and oxygen atoms in total. The molecule has 0 amide bonds. The minimum Gasteiger partial charge on any atom is -0.489 e. The highest BCUT2D eigenvalue weighted by Gasteiger charge is 2.06. The summed E-state index contributed by atoms with van der Waals surface area (Å²) in [7, 11) is 0. The van der Waals surface area contributed by atoms with Crippen molar-refractivity contribution in [1.29, 1.82) is 0 Å². The molecule has 3 aromatic rings. The largest absolute Gasteiger partial charge is 0.489 e. The zero-order valence-electron chi connectivity index (χ0n) is 11.4. The molecule has 0 atom stereocenters. The molecule has 0 unspecified atom stereocenters. The van der Waals surface area contributed by atoms with E-state index in [1.165, 1.54) is 0 Å². The van der Waals surface area contributed by atoms with Crippen molar-refractivity contribution in [2.45, 2.75) is 13.2 Å². The lowest BCUT2D eigenvalue weighted by atomic mass is 10.2. The monoisotopic (exact) mass is 281 g/mol. The van der Waals surface area contributed by atoms with Crippen LogP contribution in [0.4, 0.5) is 0 Å². The zero-order chi connectivity index (χ0) is 14.7. The number of aliphatic carboxylic acids is 1. The summed E-state index contributed by atoms with van der Waals surface area (Å²) >= 11 is 0. The van der Waals surface area contributed by atoms with E-state index >= 15 is 0 Å². The van der Waals surface area contributed by atoms with Gasteiger partial charge in [0, 0.05) is 17.1 Å². The Balaban J connectivity index is 1.77. The first kappa shape index (κ1) is 13.2. The van der Waals surface area contributed by atoms with Gasteiger partial charge in [0.25, 0.3) is 0 Å². The molecule has 1 N–H and O–H groups in total. The predicted octanol–water partition coefficient (Wildman–Crippen LogP) is 3.30. The molecule has 0 saturated carbocycles. The summed E-state index contributed by atoms with van der Waals surface area (Å²) in [6.45, 7) is 0.482. The van der Waals surface area contributed by atoms with Crippen LogP contribution in [-0.2, 0) is 17.9 Å². The van der Waals surface area contributed by atoms with Crippen LogP contribution < -0.4 is 4.74 Å². The summed E-state index contributed by atoms with van der Waals surface area (Å²) < 4.78 is 7.47. The molecule has 0 fully saturated rings. The number of carboxylic acids is 1. The van der Waals surface area contributed by atoms with Crippen molar-refractivity contribution < 1.29 is 14.6 Å². The summed E-state index contributed by atoms with van der Waals surface area (Å²) in [5, 5.41) is 9.84. The normalized spacial score (nSPS) is 10.7. The van der Waals surface area contributed by atoms with E-state index < -0.39 is 5.97 Å². The van der Waals surface area contributed by atoms with Gasteiger partial charge < -0.3 is 14.4 Å². The van der Waals surface area contributed by atoms with Gasteiger partial charge in [0.2, 0.25) is 0 Å². The van der Waals surface area contributed by atoms with E-state index in [0.717, 1.165) is 22.2 Å². The molecule has 0 saturated heterocycles. The van der Waals surface area contributed by atoms with Crippen LogP contribution >= 0.6 is 0 Å². The highest BCUT2D eigenvalue weighted by molar-refractivity contribution is 5.83. The fourth-order valence-electron chi connectivity index (χ4n) is 2.29. The van der Waals surface area contributed by atoms with Crippen molar-refractivity contribution in [2.24, 2.45) is 0 Å². The van der Waals surface area contributed by atoms with Gasteiger partial charge in [-0.3, -0.25) is 4.79 Å². The number of rotatable bonds is 5. The van der Waals surface area contributed by atoms with Crippen LogP contribution in [-0.4, -0.2) is 15.6 Å². The minimum absolute atomic E-state index is 0.0340. The molecule has 3 rings (SSSR count). The van der Waals surface area contributed by atoms with Crippen LogP contribution in [0.2, 0.25) is 0 Å². The van der Waals surface area contributed by atoms with Crippen molar-refractivity contribution in [2.75, 3.05) is 0 Å². The molecule has 0 bridgehead atoms. The van der Waals surface area contributed by atoms with Crippen LogP contribution in [0.3, 0.4) is 0 Å². The second-order valence-corrected chi connectivity index (χ2v) is 4.83. The summed E-state index contributed by atoms with van der Waals surface area (Å²) in [5.74, 6) is -0.0728. The second-order valence-electron chi connectivity index (χ2n) is 4.83. The van der Waals surface area contributed by atoms with Gasteiger partial charge in [-0.1, -0.05) is 30.3 Å². The number of nitrogens with zero attached hydrogens (tertiary/aromatic N) is 1. The number of benzene rings is 2. The number of carboxylic acid groups (broad SMARTS) is 1. The topological polar surface area (TPSA) is 51.5 Å². The molecule has 0 aliphatic heterocycles. The Bertz CT molecular complexity index is 762. The average Bonchev–Trinajstić information content (AvgIpc) is 2.88. The lowest BCUT2D eigenvalue weighted by Gasteiger charge is -2.07. The first-order chi connectivity index (χ1) is 10.2. The maximum Gasteiger partial charge on any atom is 0.323 e. The molecular weight excluding hydrogens is 266 g/mol. The second kappa shape index (κ2) is 5.71. The van der Waals surface area contributed by atoms with Gasteiger partial charge in [-0.05, 0) is 29.8 Å². The Kier molecular flexibility index (Phi) is 3.60. The molecule has 4 heteroatoms. The Labute approximate surface area is 122 Å². The van der Waals surface area contributed by atoms with Crippen LogP contribution in [0.1, 0.15) is 5.56 Å². The van der Waals surface area contributed by atoms with E-state index in [9.17, 15) is 4.79 Å². The Morgan fingerprint density at radius 2 is 1.90 bits per heavy atom. The molecule has 1 aromatic heterocycles. The van der Waals surface area contributed by atoms with Gasteiger partial charge in [0.15, 0.2) is 0 Å². The summed E-state index contributed by atoms with van der Waals surface area (Å²) in [6, 6.07) is 17.5. The number of fused-ring (bicyclic) bond motifs is 1. The van der Waals surface area contributed by atoms with Gasteiger partial charge in [-0.25, -0.2) is 0 Å². The first-order valence-electron chi connectivity index (χ1n) is 6.70. The van der Waals surface area contributed by atoms with Gasteiger partial charge in [0.05, 0.1) is 0 Å². The van der Waals surface area contributed by atoms with Crippen molar-refractivity contribution in [3.63, 3.8) is 0 Å². The predicted molar refractivity (Wildman–Crippen MR) is 80.3 cm³/mol. The third kappa shape index (κ3) is 3.05. The number of ether oxygens (including phenoxy) is 1. The number of aromatic nitrogens is 1. The Morgan fingerprint density at radius 3 is 2.67 bits per heavy atom. The van der Waals surface area contributed by atoms with E-state index in [0.29, 0.717) is 6.61 Å². The third-order valence-electron chi connectivity index (χ3n) is 3.30. The smallest absolute Gasteiger partial charge is 0.323 e. The Hall–Kier alpha value is -2.75. The van der Waals surface area contributed by atoms with Gasteiger partial charge in [-0.15, -0.1) is 0 Å². The standard InChI is InChI=1S/C17H15NO3/c19-17(20)11-18-9-8-14-10-15(6-7-16(14)18)21-12-13-4-2-1-3-5-13/h1-10H,11-12H2,(H,19,20). The van der Waals surface area contributed by atoms with Crippen molar-refractivity contribution in [3.8, 4) is 5.75 Å². The fourth-order valence-corrected chi connectivity index (χ4v) is 2.29.